The number of halogens is 2. The highest BCUT2D eigenvalue weighted by atomic mass is 35.5. The molecule has 0 aliphatic carbocycles. The van der Waals surface area contributed by atoms with Crippen molar-refractivity contribution in [2.24, 2.45) is 0 Å². The zero-order chi connectivity index (χ0) is 18.0. The Kier molecular flexibility index (Phi) is 4.90. The molecular weight excluding hydrogens is 347 g/mol. The molecule has 0 saturated carbocycles. The van der Waals surface area contributed by atoms with Crippen LogP contribution in [0.15, 0.2) is 42.5 Å². The van der Waals surface area contributed by atoms with Crippen LogP contribution in [-0.4, -0.2) is 31.5 Å². The molecule has 3 rings (SSSR count). The van der Waals surface area contributed by atoms with Gasteiger partial charge in [0.2, 0.25) is 5.91 Å². The maximum atomic E-state index is 13.8. The number of rotatable bonds is 4. The summed E-state index contributed by atoms with van der Waals surface area (Å²) in [6, 6.07) is 10.7. The molecule has 2 aromatic rings. The van der Waals surface area contributed by atoms with Crippen LogP contribution in [0.25, 0.3) is 0 Å². The van der Waals surface area contributed by atoms with Gasteiger partial charge in [-0.05, 0) is 36.4 Å². The number of anilines is 1. The number of hydrogen-bond donors (Lipinski definition) is 1. The molecule has 0 unspecified atom stereocenters. The molecule has 1 fully saturated rings. The second-order valence-electron chi connectivity index (χ2n) is 5.67. The minimum absolute atomic E-state index is 0.0360. The molecule has 5 nitrogen and oxygen atoms in total. The molecule has 1 saturated heterocycles. The molecular formula is C18H16ClFN2O3. The van der Waals surface area contributed by atoms with Gasteiger partial charge in [-0.25, -0.2) is 4.39 Å². The summed E-state index contributed by atoms with van der Waals surface area (Å²) in [5.74, 6) is -0.747. The van der Waals surface area contributed by atoms with E-state index in [2.05, 4.69) is 5.32 Å². The SMILES string of the molecule is COc1ccc(N2C[C@@H](NC(=O)c3c(F)cccc3Cl)CC2=O)cc1. The number of nitrogens with one attached hydrogen (secondary N) is 1. The first-order valence-corrected chi connectivity index (χ1v) is 8.06. The summed E-state index contributed by atoms with van der Waals surface area (Å²) in [7, 11) is 1.56. The number of benzene rings is 2. The van der Waals surface area contributed by atoms with Crippen molar-refractivity contribution < 1.29 is 18.7 Å². The standard InChI is InChI=1S/C18H16ClFN2O3/c1-25-13-7-5-12(6-8-13)22-10-11(9-16(22)23)21-18(24)17-14(19)3-2-4-15(17)20/h2-8,11H,9-10H2,1H3,(H,21,24)/t11-/m0/s1. The topological polar surface area (TPSA) is 58.6 Å². The maximum absolute atomic E-state index is 13.8. The van der Waals surface area contributed by atoms with E-state index in [1.54, 1.807) is 36.3 Å². The number of carbonyl (C=O) groups is 2. The number of nitrogens with zero attached hydrogens (tertiary/aromatic N) is 1. The van der Waals surface area contributed by atoms with Crippen LogP contribution in [0.4, 0.5) is 10.1 Å². The molecule has 0 radical (unpaired) electrons. The average molecular weight is 363 g/mol. The molecule has 0 aromatic heterocycles. The van der Waals surface area contributed by atoms with E-state index in [4.69, 9.17) is 16.3 Å². The highest BCUT2D eigenvalue weighted by molar-refractivity contribution is 6.33. The van der Waals surface area contributed by atoms with Crippen LogP contribution in [0.1, 0.15) is 16.8 Å². The molecule has 1 aliphatic heterocycles. The van der Waals surface area contributed by atoms with E-state index in [0.29, 0.717) is 18.0 Å². The van der Waals surface area contributed by atoms with E-state index in [1.807, 2.05) is 0 Å². The van der Waals surface area contributed by atoms with Gasteiger partial charge >= 0.3 is 0 Å². The molecule has 2 amide bonds. The Morgan fingerprint density at radius 1 is 1.28 bits per heavy atom. The third-order valence-electron chi connectivity index (χ3n) is 4.03. The van der Waals surface area contributed by atoms with Gasteiger partial charge in [0.05, 0.1) is 23.7 Å². The maximum Gasteiger partial charge on any atom is 0.256 e. The lowest BCUT2D eigenvalue weighted by Gasteiger charge is -2.18. The summed E-state index contributed by atoms with van der Waals surface area (Å²) >= 11 is 5.90. The largest absolute Gasteiger partial charge is 0.497 e. The summed E-state index contributed by atoms with van der Waals surface area (Å²) in [6.07, 6.45) is 0.143. The molecule has 0 bridgehead atoms. The Morgan fingerprint density at radius 2 is 2.00 bits per heavy atom. The third-order valence-corrected chi connectivity index (χ3v) is 4.35. The summed E-state index contributed by atoms with van der Waals surface area (Å²) < 4.78 is 18.9. The van der Waals surface area contributed by atoms with Crippen molar-refractivity contribution in [1.29, 1.82) is 0 Å². The Hall–Kier alpha value is -2.60. The van der Waals surface area contributed by atoms with Crippen LogP contribution < -0.4 is 15.0 Å². The van der Waals surface area contributed by atoms with Crippen molar-refractivity contribution in [2.45, 2.75) is 12.5 Å². The fraction of sp³-hybridized carbons (Fsp3) is 0.222. The predicted octanol–water partition coefficient (Wildman–Crippen LogP) is 3.02. The zero-order valence-electron chi connectivity index (χ0n) is 13.5. The quantitative estimate of drug-likeness (QED) is 0.909. The second kappa shape index (κ2) is 7.11. The van der Waals surface area contributed by atoms with Gasteiger partial charge in [-0.2, -0.15) is 0 Å². The molecule has 25 heavy (non-hydrogen) atoms. The summed E-state index contributed by atoms with van der Waals surface area (Å²) in [4.78, 5) is 26.1. The van der Waals surface area contributed by atoms with Gasteiger partial charge in [-0.3, -0.25) is 9.59 Å². The van der Waals surface area contributed by atoms with Gasteiger partial charge in [0, 0.05) is 18.7 Å². The van der Waals surface area contributed by atoms with Crippen molar-refractivity contribution in [3.8, 4) is 5.75 Å². The van der Waals surface area contributed by atoms with E-state index < -0.39 is 17.8 Å². The minimum atomic E-state index is -0.693. The summed E-state index contributed by atoms with van der Waals surface area (Å²) in [5.41, 5.74) is 0.506. The number of methoxy groups -OCH3 is 1. The van der Waals surface area contributed by atoms with Crippen LogP contribution in [0.3, 0.4) is 0 Å². The van der Waals surface area contributed by atoms with Crippen LogP contribution >= 0.6 is 11.6 Å². The van der Waals surface area contributed by atoms with E-state index in [-0.39, 0.29) is 22.9 Å². The predicted molar refractivity (Wildman–Crippen MR) is 92.6 cm³/mol. The first-order valence-electron chi connectivity index (χ1n) is 7.69. The molecule has 7 heteroatoms. The summed E-state index contributed by atoms with van der Waals surface area (Å²) in [5, 5.41) is 2.71. The van der Waals surface area contributed by atoms with Crippen molar-refractivity contribution in [1.82, 2.24) is 5.32 Å². The number of amides is 2. The van der Waals surface area contributed by atoms with Crippen LogP contribution in [0.2, 0.25) is 5.02 Å². The number of carbonyl (C=O) groups excluding carboxylic acids is 2. The molecule has 1 aliphatic rings. The van der Waals surface area contributed by atoms with Gasteiger partial charge in [0.1, 0.15) is 11.6 Å². The minimum Gasteiger partial charge on any atom is -0.497 e. The van der Waals surface area contributed by atoms with Crippen molar-refractivity contribution in [2.75, 3.05) is 18.6 Å². The molecule has 1 heterocycles. The first-order chi connectivity index (χ1) is 12.0. The first kappa shape index (κ1) is 17.2. The zero-order valence-corrected chi connectivity index (χ0v) is 14.2. The van der Waals surface area contributed by atoms with Crippen LogP contribution in [0, 0.1) is 5.82 Å². The van der Waals surface area contributed by atoms with E-state index >= 15 is 0 Å². The second-order valence-corrected chi connectivity index (χ2v) is 6.08. The highest BCUT2D eigenvalue weighted by Gasteiger charge is 2.32. The Balaban J connectivity index is 1.71. The van der Waals surface area contributed by atoms with Crippen molar-refractivity contribution >= 4 is 29.1 Å². The highest BCUT2D eigenvalue weighted by Crippen LogP contribution is 2.25. The molecule has 130 valence electrons. The lowest BCUT2D eigenvalue weighted by atomic mass is 10.1. The van der Waals surface area contributed by atoms with E-state index in [9.17, 15) is 14.0 Å². The van der Waals surface area contributed by atoms with E-state index in [0.717, 1.165) is 0 Å². The average Bonchev–Trinajstić information content (AvgIpc) is 2.95. The lowest BCUT2D eigenvalue weighted by Crippen LogP contribution is -2.37. The third kappa shape index (κ3) is 3.58. The molecule has 2 aromatic carbocycles. The molecule has 1 N–H and O–H groups in total. The fourth-order valence-electron chi connectivity index (χ4n) is 2.79. The van der Waals surface area contributed by atoms with Crippen LogP contribution in [0.5, 0.6) is 5.75 Å². The van der Waals surface area contributed by atoms with Gasteiger partial charge in [0.25, 0.3) is 5.91 Å². The Morgan fingerprint density at radius 3 is 2.64 bits per heavy atom. The number of ether oxygens (including phenoxy) is 1. The normalized spacial score (nSPS) is 16.8. The Labute approximate surface area is 149 Å². The van der Waals surface area contributed by atoms with Gasteiger partial charge in [-0.15, -0.1) is 0 Å². The number of hydrogen-bond acceptors (Lipinski definition) is 3. The molecule has 0 spiro atoms. The van der Waals surface area contributed by atoms with Crippen molar-refractivity contribution in [3.05, 3.63) is 58.9 Å². The lowest BCUT2D eigenvalue weighted by molar-refractivity contribution is -0.117. The fourth-order valence-corrected chi connectivity index (χ4v) is 3.04. The molecule has 1 atom stereocenters. The van der Waals surface area contributed by atoms with Gasteiger partial charge < -0.3 is 15.0 Å². The monoisotopic (exact) mass is 362 g/mol. The van der Waals surface area contributed by atoms with E-state index in [1.165, 1.54) is 18.2 Å². The van der Waals surface area contributed by atoms with Crippen LogP contribution in [-0.2, 0) is 4.79 Å². The van der Waals surface area contributed by atoms with Gasteiger partial charge in [0.15, 0.2) is 0 Å². The van der Waals surface area contributed by atoms with Crippen molar-refractivity contribution in [3.63, 3.8) is 0 Å². The summed E-state index contributed by atoms with van der Waals surface area (Å²) in [6.45, 7) is 0.309. The van der Waals surface area contributed by atoms with Gasteiger partial charge in [-0.1, -0.05) is 17.7 Å². The Bertz CT molecular complexity index is 790. The smallest absolute Gasteiger partial charge is 0.256 e.